The molecule has 2 rings (SSSR count). The van der Waals surface area contributed by atoms with E-state index in [1.54, 1.807) is 18.2 Å². The number of nitrogens with zero attached hydrogens (tertiary/aromatic N) is 2. The molecule has 86 valence electrons. The molecule has 0 amide bonds. The molecule has 0 atom stereocenters. The third-order valence-corrected chi connectivity index (χ3v) is 2.72. The number of rotatable bonds is 2. The fourth-order valence-electron chi connectivity index (χ4n) is 1.28. The van der Waals surface area contributed by atoms with Crippen LogP contribution in [0.5, 0.6) is 0 Å². The van der Waals surface area contributed by atoms with Crippen LogP contribution in [0.4, 0.5) is 0 Å². The maximum absolute atomic E-state index is 10.7. The number of hydrogen-bond acceptors (Lipinski definition) is 3. The summed E-state index contributed by atoms with van der Waals surface area (Å²) in [6, 6.07) is 5.04. The number of benzene rings is 1. The molecule has 0 aliphatic rings. The Morgan fingerprint density at radius 1 is 1.12 bits per heavy atom. The summed E-state index contributed by atoms with van der Waals surface area (Å²) in [5.41, 5.74) is 0.504. The number of halogens is 2. The van der Waals surface area contributed by atoms with Gasteiger partial charge in [0.25, 0.3) is 0 Å². The average molecular weight is 269 g/mol. The van der Waals surface area contributed by atoms with E-state index in [1.807, 2.05) is 0 Å². The van der Waals surface area contributed by atoms with Crippen LogP contribution in [0.2, 0.25) is 10.0 Å². The zero-order chi connectivity index (χ0) is 12.4. The minimum absolute atomic E-state index is 0.0110. The van der Waals surface area contributed by atoms with Crippen LogP contribution in [0.25, 0.3) is 11.4 Å². The van der Waals surface area contributed by atoms with Crippen LogP contribution in [-0.4, -0.2) is 21.0 Å². The number of hydrogen-bond donors (Lipinski definition) is 1. The SMILES string of the molecule is O=C(O)c1cnc(-c2c(Cl)cccc2Cl)nc1. The van der Waals surface area contributed by atoms with Gasteiger partial charge in [0.15, 0.2) is 5.82 Å². The van der Waals surface area contributed by atoms with Crippen LogP contribution in [0, 0.1) is 0 Å². The lowest BCUT2D eigenvalue weighted by Crippen LogP contribution is -1.99. The van der Waals surface area contributed by atoms with Crippen molar-refractivity contribution in [2.24, 2.45) is 0 Å². The quantitative estimate of drug-likeness (QED) is 0.909. The van der Waals surface area contributed by atoms with Crippen molar-refractivity contribution in [1.29, 1.82) is 0 Å². The Bertz CT molecular complexity index is 550. The second kappa shape index (κ2) is 4.69. The van der Waals surface area contributed by atoms with E-state index >= 15 is 0 Å². The molecule has 1 N–H and O–H groups in total. The van der Waals surface area contributed by atoms with Crippen molar-refractivity contribution in [2.45, 2.75) is 0 Å². The Labute approximate surface area is 107 Å². The molecule has 0 saturated carbocycles. The molecular formula is C11H6Cl2N2O2. The Balaban J connectivity index is 2.50. The van der Waals surface area contributed by atoms with Gasteiger partial charge in [0.2, 0.25) is 0 Å². The Kier molecular flexibility index (Phi) is 3.26. The number of carboxylic acids is 1. The molecule has 0 fully saturated rings. The molecule has 0 spiro atoms. The minimum Gasteiger partial charge on any atom is -0.478 e. The lowest BCUT2D eigenvalue weighted by molar-refractivity contribution is 0.0696. The maximum Gasteiger partial charge on any atom is 0.338 e. The fraction of sp³-hybridized carbons (Fsp3) is 0. The van der Waals surface area contributed by atoms with Gasteiger partial charge in [-0.05, 0) is 12.1 Å². The van der Waals surface area contributed by atoms with Gasteiger partial charge in [0, 0.05) is 12.4 Å². The molecule has 6 heteroatoms. The largest absolute Gasteiger partial charge is 0.478 e. The van der Waals surface area contributed by atoms with Crippen LogP contribution in [0.3, 0.4) is 0 Å². The molecule has 0 radical (unpaired) electrons. The molecule has 0 unspecified atom stereocenters. The first kappa shape index (κ1) is 11.8. The lowest BCUT2D eigenvalue weighted by atomic mass is 10.2. The third-order valence-electron chi connectivity index (χ3n) is 2.09. The van der Waals surface area contributed by atoms with Gasteiger partial charge in [-0.1, -0.05) is 29.3 Å². The van der Waals surface area contributed by atoms with E-state index in [2.05, 4.69) is 9.97 Å². The second-order valence-corrected chi connectivity index (χ2v) is 4.01. The van der Waals surface area contributed by atoms with Crippen LogP contribution >= 0.6 is 23.2 Å². The van der Waals surface area contributed by atoms with Crippen LogP contribution in [0.1, 0.15) is 10.4 Å². The zero-order valence-electron chi connectivity index (χ0n) is 8.39. The molecule has 1 aromatic heterocycles. The maximum atomic E-state index is 10.7. The Morgan fingerprint density at radius 2 is 1.65 bits per heavy atom. The molecule has 0 saturated heterocycles. The highest BCUT2D eigenvalue weighted by Crippen LogP contribution is 2.31. The normalized spacial score (nSPS) is 10.2. The predicted octanol–water partition coefficient (Wildman–Crippen LogP) is 3.15. The zero-order valence-corrected chi connectivity index (χ0v) is 9.90. The standard InChI is InChI=1S/C11H6Cl2N2O2/c12-7-2-1-3-8(13)9(7)10-14-4-6(5-15-10)11(16)17/h1-5H,(H,16,17). The number of aromatic nitrogens is 2. The van der Waals surface area contributed by atoms with Gasteiger partial charge in [-0.25, -0.2) is 14.8 Å². The van der Waals surface area contributed by atoms with Crippen LogP contribution < -0.4 is 0 Å². The van der Waals surface area contributed by atoms with Crippen molar-refractivity contribution in [3.8, 4) is 11.4 Å². The molecule has 1 aromatic carbocycles. The number of carbonyl (C=O) groups is 1. The van der Waals surface area contributed by atoms with E-state index in [0.717, 1.165) is 0 Å². The first-order valence-corrected chi connectivity index (χ1v) is 5.35. The van der Waals surface area contributed by atoms with Crippen LogP contribution in [0.15, 0.2) is 30.6 Å². The van der Waals surface area contributed by atoms with Crippen LogP contribution in [-0.2, 0) is 0 Å². The molecule has 0 bridgehead atoms. The monoisotopic (exact) mass is 268 g/mol. The van der Waals surface area contributed by atoms with Crippen molar-refractivity contribution in [2.75, 3.05) is 0 Å². The van der Waals surface area contributed by atoms with E-state index in [9.17, 15) is 4.79 Å². The highest BCUT2D eigenvalue weighted by molar-refractivity contribution is 6.38. The van der Waals surface area contributed by atoms with Gasteiger partial charge in [-0.3, -0.25) is 0 Å². The topological polar surface area (TPSA) is 63.1 Å². The predicted molar refractivity (Wildman–Crippen MR) is 64.4 cm³/mol. The average Bonchev–Trinajstić information content (AvgIpc) is 2.29. The molecule has 4 nitrogen and oxygen atoms in total. The molecule has 17 heavy (non-hydrogen) atoms. The highest BCUT2D eigenvalue weighted by Gasteiger charge is 2.12. The van der Waals surface area contributed by atoms with Gasteiger partial charge in [0.1, 0.15) is 0 Å². The van der Waals surface area contributed by atoms with E-state index in [1.165, 1.54) is 12.4 Å². The van der Waals surface area contributed by atoms with Gasteiger partial charge in [-0.15, -0.1) is 0 Å². The summed E-state index contributed by atoms with van der Waals surface area (Å²) in [4.78, 5) is 18.5. The van der Waals surface area contributed by atoms with E-state index in [0.29, 0.717) is 21.4 Å². The van der Waals surface area contributed by atoms with Gasteiger partial charge in [-0.2, -0.15) is 0 Å². The number of carboxylic acid groups (broad SMARTS) is 1. The summed E-state index contributed by atoms with van der Waals surface area (Å²) < 4.78 is 0. The number of aromatic carboxylic acids is 1. The van der Waals surface area contributed by atoms with E-state index in [4.69, 9.17) is 28.3 Å². The van der Waals surface area contributed by atoms with Crippen molar-refractivity contribution in [3.63, 3.8) is 0 Å². The first-order valence-electron chi connectivity index (χ1n) is 4.59. The Hall–Kier alpha value is -1.65. The van der Waals surface area contributed by atoms with Crippen molar-refractivity contribution in [1.82, 2.24) is 9.97 Å². The van der Waals surface area contributed by atoms with E-state index in [-0.39, 0.29) is 5.56 Å². The van der Waals surface area contributed by atoms with Crippen molar-refractivity contribution < 1.29 is 9.90 Å². The Morgan fingerprint density at radius 3 is 2.12 bits per heavy atom. The molecule has 1 heterocycles. The summed E-state index contributed by atoms with van der Waals surface area (Å²) in [6.45, 7) is 0. The minimum atomic E-state index is -1.08. The summed E-state index contributed by atoms with van der Waals surface area (Å²) in [5, 5.41) is 9.56. The first-order chi connectivity index (χ1) is 8.09. The van der Waals surface area contributed by atoms with Crippen molar-refractivity contribution >= 4 is 29.2 Å². The third kappa shape index (κ3) is 2.38. The fourth-order valence-corrected chi connectivity index (χ4v) is 1.85. The lowest BCUT2D eigenvalue weighted by Gasteiger charge is -2.04. The van der Waals surface area contributed by atoms with Gasteiger partial charge < -0.3 is 5.11 Å². The van der Waals surface area contributed by atoms with Gasteiger partial charge in [0.05, 0.1) is 21.2 Å². The summed E-state index contributed by atoms with van der Waals surface area (Å²) in [6.07, 6.45) is 2.43. The summed E-state index contributed by atoms with van der Waals surface area (Å²) in [5.74, 6) is -0.785. The van der Waals surface area contributed by atoms with Crippen molar-refractivity contribution in [3.05, 3.63) is 46.2 Å². The molecule has 0 aliphatic heterocycles. The molecule has 2 aromatic rings. The smallest absolute Gasteiger partial charge is 0.338 e. The summed E-state index contributed by atoms with van der Waals surface area (Å²) in [7, 11) is 0. The van der Waals surface area contributed by atoms with Gasteiger partial charge >= 0.3 is 5.97 Å². The van der Waals surface area contributed by atoms with E-state index < -0.39 is 5.97 Å². The molecule has 0 aliphatic carbocycles. The molecular weight excluding hydrogens is 263 g/mol. The highest BCUT2D eigenvalue weighted by atomic mass is 35.5. The second-order valence-electron chi connectivity index (χ2n) is 3.20. The summed E-state index contributed by atoms with van der Waals surface area (Å²) >= 11 is 12.0.